The summed E-state index contributed by atoms with van der Waals surface area (Å²) in [6.45, 7) is 7.78. The number of carbonyl (C=O) groups is 1. The van der Waals surface area contributed by atoms with Crippen molar-refractivity contribution in [1.82, 2.24) is 14.9 Å². The van der Waals surface area contributed by atoms with Gasteiger partial charge in [0, 0.05) is 12.2 Å². The maximum atomic E-state index is 13.4. The van der Waals surface area contributed by atoms with Crippen LogP contribution in [0.15, 0.2) is 41.5 Å². The van der Waals surface area contributed by atoms with Gasteiger partial charge in [-0.15, -0.1) is 0 Å². The monoisotopic (exact) mass is 477 g/mol. The molecular formula is C27H31N3O5. The van der Waals surface area contributed by atoms with E-state index in [-0.39, 0.29) is 29.7 Å². The Hall–Kier alpha value is -3.07. The van der Waals surface area contributed by atoms with Gasteiger partial charge in [-0.1, -0.05) is 12.1 Å². The molecule has 8 nitrogen and oxygen atoms in total. The van der Waals surface area contributed by atoms with Crippen LogP contribution >= 0.6 is 0 Å². The van der Waals surface area contributed by atoms with Crippen LogP contribution in [-0.4, -0.2) is 58.6 Å². The van der Waals surface area contributed by atoms with Crippen molar-refractivity contribution in [2.45, 2.75) is 51.3 Å². The van der Waals surface area contributed by atoms with Crippen LogP contribution in [0.3, 0.4) is 0 Å². The molecule has 0 saturated carbocycles. The average molecular weight is 478 g/mol. The number of aliphatic hydroxyl groups is 1. The number of aliphatic hydroxyl groups excluding tert-OH is 1. The van der Waals surface area contributed by atoms with Gasteiger partial charge in [-0.2, -0.15) is 0 Å². The fourth-order valence-corrected chi connectivity index (χ4v) is 4.89. The molecule has 2 atom stereocenters. The van der Waals surface area contributed by atoms with Crippen LogP contribution in [0.4, 0.5) is 0 Å². The molecule has 3 aromatic rings. The van der Waals surface area contributed by atoms with Crippen LogP contribution in [0.1, 0.15) is 52.0 Å². The Morgan fingerprint density at radius 2 is 1.94 bits per heavy atom. The number of hydrogen-bond acceptors (Lipinski definition) is 6. The second kappa shape index (κ2) is 9.18. The molecule has 2 aliphatic heterocycles. The standard InChI is InChI=1S/C27H31N3O5/c1-16-17(2)24-21(26(33)30(15-28-24)22-8-9-34-12-23(22)31)11-20(16)10-18-4-6-19(7-5-18)25(32)29-27(3)13-35-14-27/h4-7,11,15,22-23,31H,8-10,12-14H2,1-3H3,(H,29,32)/t22-,23-/m0/s1. The molecule has 1 amide bonds. The highest BCUT2D eigenvalue weighted by molar-refractivity contribution is 5.94. The van der Waals surface area contributed by atoms with Crippen LogP contribution in [-0.2, 0) is 15.9 Å². The van der Waals surface area contributed by atoms with E-state index >= 15 is 0 Å². The van der Waals surface area contributed by atoms with E-state index < -0.39 is 6.10 Å². The van der Waals surface area contributed by atoms with Gasteiger partial charge in [-0.3, -0.25) is 14.2 Å². The first-order valence-corrected chi connectivity index (χ1v) is 12.0. The number of carbonyl (C=O) groups excluding carboxylic acids is 1. The molecule has 0 unspecified atom stereocenters. The molecule has 2 N–H and O–H groups in total. The van der Waals surface area contributed by atoms with Gasteiger partial charge >= 0.3 is 0 Å². The number of nitrogens with one attached hydrogen (secondary N) is 1. The molecule has 35 heavy (non-hydrogen) atoms. The molecule has 0 radical (unpaired) electrons. The lowest BCUT2D eigenvalue weighted by molar-refractivity contribution is -0.0593. The highest BCUT2D eigenvalue weighted by Gasteiger charge is 2.35. The highest BCUT2D eigenvalue weighted by atomic mass is 16.5. The Bertz CT molecular complexity index is 1330. The first-order chi connectivity index (χ1) is 16.8. The van der Waals surface area contributed by atoms with Crippen molar-refractivity contribution in [3.8, 4) is 0 Å². The molecule has 0 spiro atoms. The number of ether oxygens (including phenoxy) is 2. The zero-order valence-corrected chi connectivity index (χ0v) is 20.3. The van der Waals surface area contributed by atoms with Crippen molar-refractivity contribution < 1.29 is 19.4 Å². The zero-order valence-electron chi connectivity index (χ0n) is 20.3. The van der Waals surface area contributed by atoms with E-state index in [0.29, 0.717) is 49.1 Å². The van der Waals surface area contributed by atoms with E-state index in [4.69, 9.17) is 9.47 Å². The molecule has 0 bridgehead atoms. The minimum Gasteiger partial charge on any atom is -0.389 e. The molecule has 2 aliphatic rings. The molecule has 2 saturated heterocycles. The first-order valence-electron chi connectivity index (χ1n) is 12.0. The molecular weight excluding hydrogens is 446 g/mol. The maximum absolute atomic E-state index is 13.4. The predicted molar refractivity (Wildman–Crippen MR) is 132 cm³/mol. The summed E-state index contributed by atoms with van der Waals surface area (Å²) in [5.74, 6) is -0.109. The van der Waals surface area contributed by atoms with E-state index in [0.717, 1.165) is 22.3 Å². The van der Waals surface area contributed by atoms with Crippen LogP contribution in [0.5, 0.6) is 0 Å². The van der Waals surface area contributed by atoms with E-state index in [1.807, 2.05) is 51.1 Å². The molecule has 3 heterocycles. The summed E-state index contributed by atoms with van der Waals surface area (Å²) in [7, 11) is 0. The quantitative estimate of drug-likeness (QED) is 0.585. The lowest BCUT2D eigenvalue weighted by Crippen LogP contribution is -2.59. The summed E-state index contributed by atoms with van der Waals surface area (Å²) in [4.78, 5) is 30.6. The number of benzene rings is 2. The minimum absolute atomic E-state index is 0.109. The van der Waals surface area contributed by atoms with Gasteiger partial charge in [0.25, 0.3) is 11.5 Å². The molecule has 2 aromatic carbocycles. The van der Waals surface area contributed by atoms with Crippen molar-refractivity contribution >= 4 is 16.8 Å². The van der Waals surface area contributed by atoms with Crippen molar-refractivity contribution in [1.29, 1.82) is 0 Å². The largest absolute Gasteiger partial charge is 0.389 e. The zero-order chi connectivity index (χ0) is 24.7. The second-order valence-corrected chi connectivity index (χ2v) is 10.0. The molecule has 184 valence electrons. The maximum Gasteiger partial charge on any atom is 0.261 e. The van der Waals surface area contributed by atoms with Crippen LogP contribution in [0.25, 0.3) is 10.9 Å². The number of hydrogen-bond donors (Lipinski definition) is 2. The van der Waals surface area contributed by atoms with Gasteiger partial charge in [0.2, 0.25) is 0 Å². The molecule has 0 aliphatic carbocycles. The van der Waals surface area contributed by atoms with E-state index in [1.165, 1.54) is 0 Å². The third-order valence-electron chi connectivity index (χ3n) is 7.26. The van der Waals surface area contributed by atoms with Gasteiger partial charge in [0.1, 0.15) is 0 Å². The van der Waals surface area contributed by atoms with Crippen molar-refractivity contribution in [3.05, 3.63) is 74.8 Å². The summed E-state index contributed by atoms with van der Waals surface area (Å²) in [6, 6.07) is 9.15. The summed E-state index contributed by atoms with van der Waals surface area (Å²) in [5, 5.41) is 13.9. The molecule has 1 aromatic heterocycles. The van der Waals surface area contributed by atoms with E-state index in [2.05, 4.69) is 10.3 Å². The van der Waals surface area contributed by atoms with Crippen molar-refractivity contribution in [3.63, 3.8) is 0 Å². The summed E-state index contributed by atoms with van der Waals surface area (Å²) >= 11 is 0. The number of aromatic nitrogens is 2. The smallest absolute Gasteiger partial charge is 0.261 e. The molecule has 5 rings (SSSR count). The van der Waals surface area contributed by atoms with Crippen molar-refractivity contribution in [2.24, 2.45) is 0 Å². The Labute approximate surface area is 203 Å². The van der Waals surface area contributed by atoms with Crippen LogP contribution in [0, 0.1) is 13.8 Å². The Kier molecular flexibility index (Phi) is 6.21. The normalized spacial score (nSPS) is 21.5. The Morgan fingerprint density at radius 1 is 1.20 bits per heavy atom. The fraction of sp³-hybridized carbons (Fsp3) is 0.444. The van der Waals surface area contributed by atoms with Gasteiger partial charge in [-0.25, -0.2) is 4.98 Å². The number of nitrogens with zero attached hydrogens (tertiary/aromatic N) is 2. The van der Waals surface area contributed by atoms with Gasteiger partial charge in [0.15, 0.2) is 0 Å². The summed E-state index contributed by atoms with van der Waals surface area (Å²) in [6.07, 6.45) is 2.01. The summed E-state index contributed by atoms with van der Waals surface area (Å²) < 4.78 is 12.1. The number of amides is 1. The van der Waals surface area contributed by atoms with Crippen molar-refractivity contribution in [2.75, 3.05) is 26.4 Å². The lowest BCUT2D eigenvalue weighted by Gasteiger charge is -2.38. The van der Waals surface area contributed by atoms with Crippen LogP contribution in [0.2, 0.25) is 0 Å². The minimum atomic E-state index is -0.734. The third kappa shape index (κ3) is 4.49. The third-order valence-corrected chi connectivity index (χ3v) is 7.26. The Morgan fingerprint density at radius 3 is 2.60 bits per heavy atom. The number of rotatable bonds is 5. The van der Waals surface area contributed by atoms with E-state index in [1.54, 1.807) is 10.9 Å². The molecule has 2 fully saturated rings. The second-order valence-electron chi connectivity index (χ2n) is 10.0. The Balaban J connectivity index is 1.43. The van der Waals surface area contributed by atoms with Gasteiger partial charge in [-0.05, 0) is 74.1 Å². The first kappa shape index (κ1) is 23.7. The number of aryl methyl sites for hydroxylation is 1. The predicted octanol–water partition coefficient (Wildman–Crippen LogP) is 2.45. The van der Waals surface area contributed by atoms with E-state index in [9.17, 15) is 14.7 Å². The van der Waals surface area contributed by atoms with Gasteiger partial charge < -0.3 is 19.9 Å². The van der Waals surface area contributed by atoms with Crippen LogP contribution < -0.4 is 10.9 Å². The molecule has 8 heteroatoms. The highest BCUT2D eigenvalue weighted by Crippen LogP contribution is 2.26. The SMILES string of the molecule is Cc1c(Cc2ccc(C(=O)NC3(C)COC3)cc2)cc2c(=O)n([C@H]3CCOC[C@@H]3O)cnc2c1C. The van der Waals surface area contributed by atoms with Gasteiger partial charge in [0.05, 0.1) is 54.7 Å². The summed E-state index contributed by atoms with van der Waals surface area (Å²) in [5.41, 5.74) is 5.00. The fourth-order valence-electron chi connectivity index (χ4n) is 4.89. The topological polar surface area (TPSA) is 103 Å². The average Bonchev–Trinajstić information content (AvgIpc) is 2.83. The lowest BCUT2D eigenvalue weighted by atomic mass is 9.94. The number of fused-ring (bicyclic) bond motifs is 1.